The predicted octanol–water partition coefficient (Wildman–Crippen LogP) is 2.40. The van der Waals surface area contributed by atoms with Gasteiger partial charge in [-0.15, -0.1) is 0 Å². The molecule has 1 unspecified atom stereocenters. The van der Waals surface area contributed by atoms with Crippen LogP contribution in [0.4, 0.5) is 0 Å². The van der Waals surface area contributed by atoms with Crippen molar-refractivity contribution in [2.45, 2.75) is 51.3 Å². The quantitative estimate of drug-likeness (QED) is 0.360. The summed E-state index contributed by atoms with van der Waals surface area (Å²) in [6.07, 6.45) is 6.24. The molecule has 90 valence electrons. The fraction of sp³-hybridized carbons (Fsp3) is 0.800. The lowest BCUT2D eigenvalue weighted by atomic mass is 10.1. The van der Waals surface area contributed by atoms with E-state index in [1.807, 2.05) is 6.92 Å². The number of rotatable bonds is 7. The molecule has 0 aliphatic rings. The maximum atomic E-state index is 11.1. The van der Waals surface area contributed by atoms with E-state index in [-0.39, 0.29) is 6.42 Å². The highest BCUT2D eigenvalue weighted by Crippen LogP contribution is 2.52. The minimum Gasteiger partial charge on any atom is -0.374 e. The second-order valence-electron chi connectivity index (χ2n) is 3.72. The molecule has 0 aromatic rings. The zero-order chi connectivity index (χ0) is 11.9. The van der Waals surface area contributed by atoms with Crippen LogP contribution in [0.1, 0.15) is 46.0 Å². The van der Waals surface area contributed by atoms with Crippen LogP contribution in [-0.2, 0) is 4.57 Å². The fourth-order valence-corrected chi connectivity index (χ4v) is 2.10. The number of hydrogen-bond acceptors (Lipinski definition) is 2. The van der Waals surface area contributed by atoms with Crippen molar-refractivity contribution in [1.82, 2.24) is 0 Å². The highest BCUT2D eigenvalue weighted by Gasteiger charge is 2.41. The molecule has 0 amide bonds. The van der Waals surface area contributed by atoms with Crippen LogP contribution in [0.3, 0.4) is 0 Å². The standard InChI is InChI=1S/C10H21O4P/c1-3-5-6-7-9-10(11,8-4-2)15(12,13)14/h7,9,11H,3-6,8H2,1-2H3,(H2,12,13,14)/b9-7+. The third kappa shape index (κ3) is 4.94. The van der Waals surface area contributed by atoms with Gasteiger partial charge in [0.15, 0.2) is 5.34 Å². The number of aliphatic hydroxyl groups is 1. The minimum atomic E-state index is -4.48. The highest BCUT2D eigenvalue weighted by atomic mass is 31.2. The molecule has 0 fully saturated rings. The number of unbranched alkanes of at least 4 members (excludes halogenated alkanes) is 2. The van der Waals surface area contributed by atoms with Crippen LogP contribution in [0.25, 0.3) is 0 Å². The molecule has 3 N–H and O–H groups in total. The molecule has 0 aliphatic heterocycles. The van der Waals surface area contributed by atoms with Crippen LogP contribution in [0.15, 0.2) is 12.2 Å². The molecule has 0 saturated carbocycles. The molecule has 0 rings (SSSR count). The van der Waals surface area contributed by atoms with E-state index in [1.165, 1.54) is 6.08 Å². The molecular formula is C10H21O4P. The lowest BCUT2D eigenvalue weighted by molar-refractivity contribution is 0.125. The Labute approximate surface area is 91.2 Å². The maximum absolute atomic E-state index is 11.1. The van der Waals surface area contributed by atoms with Crippen LogP contribution in [0, 0.1) is 0 Å². The second kappa shape index (κ2) is 6.44. The Morgan fingerprint density at radius 3 is 2.27 bits per heavy atom. The monoisotopic (exact) mass is 236 g/mol. The van der Waals surface area contributed by atoms with E-state index in [2.05, 4.69) is 0 Å². The normalized spacial score (nSPS) is 16.9. The summed E-state index contributed by atoms with van der Waals surface area (Å²) in [5.74, 6) is 0. The summed E-state index contributed by atoms with van der Waals surface area (Å²) in [7, 11) is -4.48. The third-order valence-electron chi connectivity index (χ3n) is 2.23. The average molecular weight is 236 g/mol. The van der Waals surface area contributed by atoms with E-state index in [9.17, 15) is 9.67 Å². The largest absolute Gasteiger partial charge is 0.374 e. The molecule has 0 aliphatic carbocycles. The SMILES string of the molecule is CCCC/C=C/C(O)(CCC)P(=O)(O)O. The summed E-state index contributed by atoms with van der Waals surface area (Å²) < 4.78 is 11.1. The molecule has 0 spiro atoms. The molecular weight excluding hydrogens is 215 g/mol. The van der Waals surface area contributed by atoms with Gasteiger partial charge in [0.1, 0.15) is 0 Å². The smallest absolute Gasteiger partial charge is 0.360 e. The van der Waals surface area contributed by atoms with Gasteiger partial charge in [-0.05, 0) is 18.9 Å². The van der Waals surface area contributed by atoms with E-state index in [0.29, 0.717) is 6.42 Å². The van der Waals surface area contributed by atoms with Gasteiger partial charge in [0.05, 0.1) is 0 Å². The van der Waals surface area contributed by atoms with Crippen molar-refractivity contribution in [3.05, 3.63) is 12.2 Å². The van der Waals surface area contributed by atoms with E-state index in [4.69, 9.17) is 9.79 Å². The van der Waals surface area contributed by atoms with Crippen LogP contribution in [-0.4, -0.2) is 20.2 Å². The molecule has 0 radical (unpaired) electrons. The van der Waals surface area contributed by atoms with Crippen LogP contribution < -0.4 is 0 Å². The lowest BCUT2D eigenvalue weighted by Crippen LogP contribution is -2.25. The third-order valence-corrected chi connectivity index (χ3v) is 3.61. The number of hydrogen-bond donors (Lipinski definition) is 3. The molecule has 15 heavy (non-hydrogen) atoms. The first-order valence-corrected chi connectivity index (χ1v) is 6.94. The molecule has 1 atom stereocenters. The van der Waals surface area contributed by atoms with E-state index in [0.717, 1.165) is 19.3 Å². The van der Waals surface area contributed by atoms with Crippen LogP contribution in [0.2, 0.25) is 0 Å². The molecule has 0 aromatic heterocycles. The van der Waals surface area contributed by atoms with Gasteiger partial charge in [-0.1, -0.05) is 39.2 Å². The second-order valence-corrected chi connectivity index (χ2v) is 5.58. The zero-order valence-corrected chi connectivity index (χ0v) is 10.3. The molecule has 0 aromatic carbocycles. The van der Waals surface area contributed by atoms with Gasteiger partial charge in [-0.3, -0.25) is 4.57 Å². The van der Waals surface area contributed by atoms with Gasteiger partial charge in [-0.2, -0.15) is 0 Å². The van der Waals surface area contributed by atoms with Crippen molar-refractivity contribution in [2.24, 2.45) is 0 Å². The van der Waals surface area contributed by atoms with Crippen molar-refractivity contribution in [2.75, 3.05) is 0 Å². The predicted molar refractivity (Wildman–Crippen MR) is 60.6 cm³/mol. The summed E-state index contributed by atoms with van der Waals surface area (Å²) in [5, 5.41) is 7.82. The van der Waals surface area contributed by atoms with Gasteiger partial charge < -0.3 is 14.9 Å². The Bertz CT molecular complexity index is 246. The maximum Gasteiger partial charge on any atom is 0.360 e. The molecule has 0 heterocycles. The molecule has 0 saturated heterocycles. The molecule has 5 heteroatoms. The van der Waals surface area contributed by atoms with Crippen molar-refractivity contribution in [3.8, 4) is 0 Å². The van der Waals surface area contributed by atoms with Gasteiger partial charge in [0, 0.05) is 0 Å². The Kier molecular flexibility index (Phi) is 6.37. The summed E-state index contributed by atoms with van der Waals surface area (Å²) in [6, 6.07) is 0. The highest BCUT2D eigenvalue weighted by molar-refractivity contribution is 7.53. The summed E-state index contributed by atoms with van der Waals surface area (Å²) >= 11 is 0. The first kappa shape index (κ1) is 14.8. The van der Waals surface area contributed by atoms with Crippen molar-refractivity contribution in [1.29, 1.82) is 0 Å². The van der Waals surface area contributed by atoms with Crippen molar-refractivity contribution < 1.29 is 19.5 Å². The van der Waals surface area contributed by atoms with Crippen LogP contribution in [0.5, 0.6) is 0 Å². The van der Waals surface area contributed by atoms with Crippen molar-refractivity contribution in [3.63, 3.8) is 0 Å². The number of allylic oxidation sites excluding steroid dienone is 1. The zero-order valence-electron chi connectivity index (χ0n) is 9.39. The fourth-order valence-electron chi connectivity index (χ4n) is 1.29. The minimum absolute atomic E-state index is 0.0832. The summed E-state index contributed by atoms with van der Waals surface area (Å²) in [6.45, 7) is 3.82. The van der Waals surface area contributed by atoms with Crippen molar-refractivity contribution >= 4 is 7.60 Å². The van der Waals surface area contributed by atoms with E-state index in [1.54, 1.807) is 13.0 Å². The van der Waals surface area contributed by atoms with Gasteiger partial charge in [-0.25, -0.2) is 0 Å². The molecule has 4 nitrogen and oxygen atoms in total. The Balaban J connectivity index is 4.52. The Morgan fingerprint density at radius 2 is 1.87 bits per heavy atom. The first-order chi connectivity index (χ1) is 6.87. The van der Waals surface area contributed by atoms with E-state index >= 15 is 0 Å². The van der Waals surface area contributed by atoms with Gasteiger partial charge in [0.2, 0.25) is 0 Å². The topological polar surface area (TPSA) is 77.8 Å². The lowest BCUT2D eigenvalue weighted by Gasteiger charge is -2.24. The van der Waals surface area contributed by atoms with E-state index < -0.39 is 12.9 Å². The van der Waals surface area contributed by atoms with Crippen LogP contribution >= 0.6 is 7.60 Å². The summed E-state index contributed by atoms with van der Waals surface area (Å²) in [4.78, 5) is 18.1. The van der Waals surface area contributed by atoms with Gasteiger partial charge >= 0.3 is 7.60 Å². The Hall–Kier alpha value is -0.150. The Morgan fingerprint density at radius 1 is 1.27 bits per heavy atom. The summed E-state index contributed by atoms with van der Waals surface area (Å²) in [5.41, 5.74) is 0. The molecule has 0 bridgehead atoms. The first-order valence-electron chi connectivity index (χ1n) is 5.33. The van der Waals surface area contributed by atoms with Gasteiger partial charge in [0.25, 0.3) is 0 Å². The average Bonchev–Trinajstić information content (AvgIpc) is 2.11.